The zero-order valence-electron chi connectivity index (χ0n) is 11.7. The Labute approximate surface area is 126 Å². The molecule has 0 atom stereocenters. The fourth-order valence-electron chi connectivity index (χ4n) is 2.46. The summed E-state index contributed by atoms with van der Waals surface area (Å²) in [5.74, 6) is 0. The van der Waals surface area contributed by atoms with Gasteiger partial charge in [0.2, 0.25) is 0 Å². The lowest BCUT2D eigenvalue weighted by atomic mass is 9.98. The Morgan fingerprint density at radius 3 is 2.90 bits per heavy atom. The highest BCUT2D eigenvalue weighted by Gasteiger charge is 2.17. The van der Waals surface area contributed by atoms with Crippen molar-refractivity contribution >= 4 is 28.9 Å². The third-order valence-electron chi connectivity index (χ3n) is 3.45. The minimum atomic E-state index is 0.384. The van der Waals surface area contributed by atoms with Gasteiger partial charge in [-0.3, -0.25) is 4.79 Å². The number of aldehydes is 1. The summed E-state index contributed by atoms with van der Waals surface area (Å²) in [6.45, 7) is 4.54. The van der Waals surface area contributed by atoms with Gasteiger partial charge in [0.05, 0.1) is 11.9 Å². The third kappa shape index (κ3) is 2.19. The Morgan fingerprint density at radius 1 is 1.43 bits per heavy atom. The zero-order valence-corrected chi connectivity index (χ0v) is 12.4. The number of fused-ring (bicyclic) bond motifs is 1. The van der Waals surface area contributed by atoms with Crippen LogP contribution in [0.3, 0.4) is 0 Å². The molecule has 0 radical (unpaired) electrons. The van der Waals surface area contributed by atoms with Gasteiger partial charge in [0.25, 0.3) is 0 Å². The summed E-state index contributed by atoms with van der Waals surface area (Å²) in [7, 11) is 0. The minimum Gasteiger partial charge on any atom is -0.298 e. The number of pyridine rings is 2. The van der Waals surface area contributed by atoms with Crippen LogP contribution in [-0.4, -0.2) is 26.0 Å². The highest BCUT2D eigenvalue weighted by Crippen LogP contribution is 2.32. The van der Waals surface area contributed by atoms with Crippen LogP contribution < -0.4 is 0 Å². The van der Waals surface area contributed by atoms with Gasteiger partial charge in [-0.05, 0) is 31.5 Å². The van der Waals surface area contributed by atoms with Crippen LogP contribution in [0.1, 0.15) is 23.0 Å². The number of nitrogens with zero attached hydrogens (tertiary/aromatic N) is 4. The summed E-state index contributed by atoms with van der Waals surface area (Å²) in [6.07, 6.45) is 4.19. The Hall–Kier alpha value is -2.27. The van der Waals surface area contributed by atoms with Gasteiger partial charge in [-0.25, -0.2) is 14.6 Å². The fourth-order valence-corrected chi connectivity index (χ4v) is 2.64. The fraction of sp³-hybridized carbons (Fsp3) is 0.200. The Bertz CT molecular complexity index is 841. The molecular weight excluding hydrogens is 288 g/mol. The summed E-state index contributed by atoms with van der Waals surface area (Å²) >= 11 is 5.98. The molecule has 6 heteroatoms. The van der Waals surface area contributed by atoms with Crippen molar-refractivity contribution in [2.75, 3.05) is 0 Å². The molecule has 0 aliphatic heterocycles. The Kier molecular flexibility index (Phi) is 3.43. The number of halogens is 1. The average Bonchev–Trinajstić information content (AvgIpc) is 2.88. The van der Waals surface area contributed by atoms with E-state index in [-0.39, 0.29) is 0 Å². The standard InChI is InChI=1S/C15H13ClN4O/c1-3-20-15-11(7-18-20)14(12(8-21)9(2)19-15)10-4-5-17-13(16)6-10/h4-8H,3H2,1-2H3. The average molecular weight is 301 g/mol. The molecule has 0 saturated carbocycles. The van der Waals surface area contributed by atoms with Crippen molar-refractivity contribution in [1.29, 1.82) is 0 Å². The Morgan fingerprint density at radius 2 is 2.24 bits per heavy atom. The van der Waals surface area contributed by atoms with E-state index in [9.17, 15) is 4.79 Å². The smallest absolute Gasteiger partial charge is 0.158 e. The number of aryl methyl sites for hydroxylation is 2. The maximum Gasteiger partial charge on any atom is 0.158 e. The predicted octanol–water partition coefficient (Wildman–Crippen LogP) is 3.29. The predicted molar refractivity (Wildman–Crippen MR) is 81.6 cm³/mol. The third-order valence-corrected chi connectivity index (χ3v) is 3.65. The van der Waals surface area contributed by atoms with E-state index in [2.05, 4.69) is 15.1 Å². The zero-order chi connectivity index (χ0) is 15.0. The second-order valence-electron chi connectivity index (χ2n) is 4.67. The number of hydrogen-bond acceptors (Lipinski definition) is 4. The minimum absolute atomic E-state index is 0.384. The monoisotopic (exact) mass is 300 g/mol. The quantitative estimate of drug-likeness (QED) is 0.550. The van der Waals surface area contributed by atoms with E-state index in [0.29, 0.717) is 23.0 Å². The van der Waals surface area contributed by atoms with E-state index in [4.69, 9.17) is 11.6 Å². The summed E-state index contributed by atoms with van der Waals surface area (Å²) in [5, 5.41) is 5.55. The molecule has 5 nitrogen and oxygen atoms in total. The molecular formula is C15H13ClN4O. The van der Waals surface area contributed by atoms with E-state index in [1.165, 1.54) is 0 Å². The molecule has 0 spiro atoms. The van der Waals surface area contributed by atoms with Crippen LogP contribution in [0.2, 0.25) is 5.15 Å². The van der Waals surface area contributed by atoms with Gasteiger partial charge in [-0.15, -0.1) is 0 Å². The lowest BCUT2D eigenvalue weighted by Gasteiger charge is -2.10. The van der Waals surface area contributed by atoms with Gasteiger partial charge >= 0.3 is 0 Å². The van der Waals surface area contributed by atoms with Crippen molar-refractivity contribution in [1.82, 2.24) is 19.7 Å². The number of carbonyl (C=O) groups is 1. The summed E-state index contributed by atoms with van der Waals surface area (Å²) in [6, 6.07) is 3.57. The van der Waals surface area contributed by atoms with Gasteiger partial charge in [0.15, 0.2) is 11.9 Å². The number of carbonyl (C=O) groups excluding carboxylic acids is 1. The van der Waals surface area contributed by atoms with Gasteiger partial charge < -0.3 is 0 Å². The second-order valence-corrected chi connectivity index (χ2v) is 5.06. The first kappa shape index (κ1) is 13.7. The van der Waals surface area contributed by atoms with Crippen LogP contribution in [0.5, 0.6) is 0 Å². The molecule has 0 aliphatic carbocycles. The normalized spacial score (nSPS) is 11.0. The molecule has 0 unspecified atom stereocenters. The summed E-state index contributed by atoms with van der Waals surface area (Å²) < 4.78 is 1.81. The van der Waals surface area contributed by atoms with Gasteiger partial charge in [-0.1, -0.05) is 11.6 Å². The molecule has 106 valence electrons. The highest BCUT2D eigenvalue weighted by molar-refractivity contribution is 6.29. The molecule has 0 aliphatic rings. The lowest BCUT2D eigenvalue weighted by Crippen LogP contribution is -2.02. The molecule has 3 rings (SSSR count). The van der Waals surface area contributed by atoms with Crippen LogP contribution >= 0.6 is 11.6 Å². The first-order valence-electron chi connectivity index (χ1n) is 6.59. The van der Waals surface area contributed by atoms with E-state index >= 15 is 0 Å². The van der Waals surface area contributed by atoms with Crippen molar-refractivity contribution in [3.8, 4) is 11.1 Å². The molecule has 0 amide bonds. The van der Waals surface area contributed by atoms with Crippen LogP contribution in [0.25, 0.3) is 22.2 Å². The second kappa shape index (κ2) is 5.26. The number of rotatable bonds is 3. The first-order valence-corrected chi connectivity index (χ1v) is 6.96. The largest absolute Gasteiger partial charge is 0.298 e. The molecule has 3 aromatic rings. The maximum atomic E-state index is 11.5. The number of hydrogen-bond donors (Lipinski definition) is 0. The Balaban J connectivity index is 2.43. The molecule has 3 aromatic heterocycles. The molecule has 0 fully saturated rings. The van der Waals surface area contributed by atoms with Crippen LogP contribution in [0, 0.1) is 6.92 Å². The van der Waals surface area contributed by atoms with Crippen molar-refractivity contribution in [3.63, 3.8) is 0 Å². The van der Waals surface area contributed by atoms with Gasteiger partial charge in [0.1, 0.15) is 5.15 Å². The van der Waals surface area contributed by atoms with E-state index in [1.54, 1.807) is 18.5 Å². The molecule has 0 bridgehead atoms. The van der Waals surface area contributed by atoms with Gasteiger partial charge in [0, 0.05) is 29.3 Å². The SMILES string of the molecule is CCn1ncc2c(-c3ccnc(Cl)c3)c(C=O)c(C)nc21. The van der Waals surface area contributed by atoms with Crippen molar-refractivity contribution < 1.29 is 4.79 Å². The molecule has 21 heavy (non-hydrogen) atoms. The molecule has 0 aromatic carbocycles. The van der Waals surface area contributed by atoms with Crippen LogP contribution in [0.4, 0.5) is 0 Å². The van der Waals surface area contributed by atoms with E-state index in [0.717, 1.165) is 28.4 Å². The summed E-state index contributed by atoms with van der Waals surface area (Å²) in [4.78, 5) is 20.0. The molecule has 0 saturated heterocycles. The first-order chi connectivity index (χ1) is 10.2. The van der Waals surface area contributed by atoms with Gasteiger partial charge in [-0.2, -0.15) is 5.10 Å². The molecule has 3 heterocycles. The van der Waals surface area contributed by atoms with Crippen molar-refractivity contribution in [3.05, 3.63) is 40.9 Å². The van der Waals surface area contributed by atoms with Crippen molar-refractivity contribution in [2.24, 2.45) is 0 Å². The molecule has 0 N–H and O–H groups in total. The summed E-state index contributed by atoms with van der Waals surface area (Å²) in [5.41, 5.74) is 3.64. The highest BCUT2D eigenvalue weighted by atomic mass is 35.5. The van der Waals surface area contributed by atoms with E-state index in [1.807, 2.05) is 24.6 Å². The van der Waals surface area contributed by atoms with Crippen LogP contribution in [-0.2, 0) is 6.54 Å². The van der Waals surface area contributed by atoms with E-state index < -0.39 is 0 Å². The topological polar surface area (TPSA) is 60.7 Å². The number of aromatic nitrogens is 4. The maximum absolute atomic E-state index is 11.5. The van der Waals surface area contributed by atoms with Crippen molar-refractivity contribution in [2.45, 2.75) is 20.4 Å². The van der Waals surface area contributed by atoms with Crippen LogP contribution in [0.15, 0.2) is 24.5 Å². The lowest BCUT2D eigenvalue weighted by molar-refractivity contribution is 0.112.